The summed E-state index contributed by atoms with van der Waals surface area (Å²) in [6.45, 7) is 0. The number of nitrogens with zero attached hydrogens (tertiary/aromatic N) is 2. The molecule has 0 saturated heterocycles. The van der Waals surface area contributed by atoms with Crippen molar-refractivity contribution in [2.75, 3.05) is 38.0 Å². The van der Waals surface area contributed by atoms with Crippen molar-refractivity contribution in [2.45, 2.75) is 0 Å². The van der Waals surface area contributed by atoms with Crippen LogP contribution in [0.5, 0.6) is 11.5 Å². The third-order valence-electron chi connectivity index (χ3n) is 3.22. The van der Waals surface area contributed by atoms with Crippen LogP contribution in [0.15, 0.2) is 36.4 Å². The van der Waals surface area contributed by atoms with E-state index in [4.69, 9.17) is 0 Å². The molecule has 4 nitrogen and oxygen atoms in total. The van der Waals surface area contributed by atoms with Crippen molar-refractivity contribution < 1.29 is 10.2 Å². The van der Waals surface area contributed by atoms with E-state index < -0.39 is 0 Å². The molecule has 0 atom stereocenters. The van der Waals surface area contributed by atoms with Crippen LogP contribution >= 0.6 is 0 Å². The van der Waals surface area contributed by atoms with Gasteiger partial charge in [-0.15, -0.1) is 0 Å². The van der Waals surface area contributed by atoms with Crippen LogP contribution in [0.2, 0.25) is 0 Å². The van der Waals surface area contributed by atoms with Gasteiger partial charge in [-0.3, -0.25) is 0 Å². The molecule has 0 aromatic heterocycles. The van der Waals surface area contributed by atoms with E-state index in [0.717, 1.165) is 22.5 Å². The zero-order valence-electron chi connectivity index (χ0n) is 12.3. The van der Waals surface area contributed by atoms with Gasteiger partial charge in [0, 0.05) is 62.8 Å². The molecule has 106 valence electrons. The molecule has 0 saturated carbocycles. The Morgan fingerprint density at radius 3 is 1.30 bits per heavy atom. The SMILES string of the molecule is CN(C)c1cc(O)ccc1-c1ccc(O)cc1N(C)C. The average Bonchev–Trinajstić information content (AvgIpc) is 2.38. The van der Waals surface area contributed by atoms with E-state index in [2.05, 4.69) is 0 Å². The quantitative estimate of drug-likeness (QED) is 0.902. The van der Waals surface area contributed by atoms with Gasteiger partial charge in [-0.05, 0) is 24.3 Å². The molecule has 0 radical (unpaired) electrons. The van der Waals surface area contributed by atoms with Gasteiger partial charge in [0.25, 0.3) is 0 Å². The molecule has 2 N–H and O–H groups in total. The second-order valence-electron chi connectivity index (χ2n) is 5.19. The highest BCUT2D eigenvalue weighted by Gasteiger charge is 2.13. The highest BCUT2D eigenvalue weighted by Crippen LogP contribution is 2.39. The van der Waals surface area contributed by atoms with E-state index >= 15 is 0 Å². The standard InChI is InChI=1S/C16H20N2O2/c1-17(2)15-9-11(19)5-7-13(15)14-8-6-12(20)10-16(14)18(3)4/h5-10,19-20H,1-4H3. The topological polar surface area (TPSA) is 46.9 Å². The lowest BCUT2D eigenvalue weighted by molar-refractivity contribution is 0.474. The average molecular weight is 272 g/mol. The molecule has 4 heteroatoms. The highest BCUT2D eigenvalue weighted by atomic mass is 16.3. The zero-order chi connectivity index (χ0) is 14.9. The van der Waals surface area contributed by atoms with Crippen molar-refractivity contribution in [2.24, 2.45) is 0 Å². The molecule has 0 spiro atoms. The van der Waals surface area contributed by atoms with E-state index in [1.807, 2.05) is 50.1 Å². The lowest BCUT2D eigenvalue weighted by Gasteiger charge is -2.22. The predicted octanol–water partition coefficient (Wildman–Crippen LogP) is 2.90. The Morgan fingerprint density at radius 1 is 0.650 bits per heavy atom. The third-order valence-corrected chi connectivity index (χ3v) is 3.22. The van der Waals surface area contributed by atoms with E-state index in [1.54, 1.807) is 24.3 Å². The number of hydrogen-bond donors (Lipinski definition) is 2. The van der Waals surface area contributed by atoms with Crippen LogP contribution in [0.25, 0.3) is 11.1 Å². The first-order valence-corrected chi connectivity index (χ1v) is 6.41. The van der Waals surface area contributed by atoms with Crippen LogP contribution < -0.4 is 9.80 Å². The van der Waals surface area contributed by atoms with Crippen molar-refractivity contribution in [3.05, 3.63) is 36.4 Å². The van der Waals surface area contributed by atoms with Crippen molar-refractivity contribution in [1.29, 1.82) is 0 Å². The second kappa shape index (κ2) is 5.33. The first kappa shape index (κ1) is 14.1. The molecule has 2 aromatic rings. The van der Waals surface area contributed by atoms with Gasteiger partial charge in [-0.2, -0.15) is 0 Å². The van der Waals surface area contributed by atoms with E-state index in [0.29, 0.717) is 0 Å². The number of phenols is 2. The van der Waals surface area contributed by atoms with Crippen LogP contribution in [0.4, 0.5) is 11.4 Å². The number of benzene rings is 2. The van der Waals surface area contributed by atoms with Gasteiger partial charge >= 0.3 is 0 Å². The monoisotopic (exact) mass is 272 g/mol. The number of aromatic hydroxyl groups is 2. The summed E-state index contributed by atoms with van der Waals surface area (Å²) in [7, 11) is 7.75. The summed E-state index contributed by atoms with van der Waals surface area (Å²) in [5.41, 5.74) is 3.88. The molecule has 0 bridgehead atoms. The Kier molecular flexibility index (Phi) is 3.74. The molecular weight excluding hydrogens is 252 g/mol. The Balaban J connectivity index is 2.68. The Morgan fingerprint density at radius 2 is 1.00 bits per heavy atom. The molecule has 0 aliphatic rings. The lowest BCUT2D eigenvalue weighted by Crippen LogP contribution is -2.12. The fourth-order valence-corrected chi connectivity index (χ4v) is 2.24. The fraction of sp³-hybridized carbons (Fsp3) is 0.250. The van der Waals surface area contributed by atoms with Crippen molar-refractivity contribution in [3.8, 4) is 22.6 Å². The van der Waals surface area contributed by atoms with Crippen molar-refractivity contribution in [3.63, 3.8) is 0 Å². The lowest BCUT2D eigenvalue weighted by atomic mass is 10.00. The molecule has 0 heterocycles. The Bertz CT molecular complexity index is 566. The summed E-state index contributed by atoms with van der Waals surface area (Å²) in [6.07, 6.45) is 0. The maximum atomic E-state index is 9.68. The third kappa shape index (κ3) is 2.64. The summed E-state index contributed by atoms with van der Waals surface area (Å²) in [5.74, 6) is 0.477. The summed E-state index contributed by atoms with van der Waals surface area (Å²) >= 11 is 0. The van der Waals surface area contributed by atoms with Crippen LogP contribution in [0, 0.1) is 0 Å². The van der Waals surface area contributed by atoms with Crippen molar-refractivity contribution in [1.82, 2.24) is 0 Å². The Hall–Kier alpha value is -2.36. The molecular formula is C16H20N2O2. The van der Waals surface area contributed by atoms with Gasteiger partial charge in [0.15, 0.2) is 0 Å². The van der Waals surface area contributed by atoms with Gasteiger partial charge in [-0.25, -0.2) is 0 Å². The van der Waals surface area contributed by atoms with Crippen LogP contribution in [-0.4, -0.2) is 38.4 Å². The number of anilines is 2. The van der Waals surface area contributed by atoms with Gasteiger partial charge in [0.2, 0.25) is 0 Å². The minimum Gasteiger partial charge on any atom is -0.508 e. The van der Waals surface area contributed by atoms with Crippen LogP contribution in [0.1, 0.15) is 0 Å². The number of phenolic OH excluding ortho intramolecular Hbond substituents is 2. The normalized spacial score (nSPS) is 10.4. The first-order chi connectivity index (χ1) is 9.40. The maximum Gasteiger partial charge on any atom is 0.117 e. The molecule has 2 rings (SSSR count). The van der Waals surface area contributed by atoms with Crippen LogP contribution in [-0.2, 0) is 0 Å². The molecule has 2 aromatic carbocycles. The smallest absolute Gasteiger partial charge is 0.117 e. The molecule has 0 aliphatic carbocycles. The van der Waals surface area contributed by atoms with Crippen LogP contribution in [0.3, 0.4) is 0 Å². The number of hydrogen-bond acceptors (Lipinski definition) is 4. The Labute approximate surface area is 119 Å². The largest absolute Gasteiger partial charge is 0.508 e. The number of rotatable bonds is 3. The summed E-state index contributed by atoms with van der Waals surface area (Å²) < 4.78 is 0. The van der Waals surface area contributed by atoms with Gasteiger partial charge < -0.3 is 20.0 Å². The molecule has 0 fully saturated rings. The zero-order valence-corrected chi connectivity index (χ0v) is 12.3. The van der Waals surface area contributed by atoms with Crippen molar-refractivity contribution >= 4 is 11.4 Å². The highest BCUT2D eigenvalue weighted by molar-refractivity contribution is 5.87. The minimum absolute atomic E-state index is 0.239. The summed E-state index contributed by atoms with van der Waals surface area (Å²) in [5, 5.41) is 19.4. The van der Waals surface area contributed by atoms with E-state index in [-0.39, 0.29) is 11.5 Å². The predicted molar refractivity (Wildman–Crippen MR) is 83.9 cm³/mol. The second-order valence-corrected chi connectivity index (χ2v) is 5.19. The molecule has 0 amide bonds. The maximum absolute atomic E-state index is 9.68. The van der Waals surface area contributed by atoms with Gasteiger partial charge in [-0.1, -0.05) is 0 Å². The fourth-order valence-electron chi connectivity index (χ4n) is 2.24. The first-order valence-electron chi connectivity index (χ1n) is 6.41. The van der Waals surface area contributed by atoms with E-state index in [1.165, 1.54) is 0 Å². The minimum atomic E-state index is 0.239. The summed E-state index contributed by atoms with van der Waals surface area (Å²) in [4.78, 5) is 3.92. The van der Waals surface area contributed by atoms with Gasteiger partial charge in [0.1, 0.15) is 11.5 Å². The van der Waals surface area contributed by atoms with Gasteiger partial charge in [0.05, 0.1) is 0 Å². The van der Waals surface area contributed by atoms with E-state index in [9.17, 15) is 10.2 Å². The molecule has 0 unspecified atom stereocenters. The molecule has 0 aliphatic heterocycles. The summed E-state index contributed by atoms with van der Waals surface area (Å²) in [6, 6.07) is 10.6. The molecule has 20 heavy (non-hydrogen) atoms.